The van der Waals surface area contributed by atoms with Crippen LogP contribution in [0.2, 0.25) is 0 Å². The molecular weight excluding hydrogens is 382 g/mol. The van der Waals surface area contributed by atoms with Crippen molar-refractivity contribution in [2.75, 3.05) is 0 Å². The number of hydrogen-bond acceptors (Lipinski definition) is 5. The molecule has 0 saturated carbocycles. The highest BCUT2D eigenvalue weighted by molar-refractivity contribution is 5.97. The number of nitro benzene ring substituents is 1. The molecule has 0 radical (unpaired) electrons. The first-order valence-corrected chi connectivity index (χ1v) is 9.36. The smallest absolute Gasteiger partial charge is 0.269 e. The SMILES string of the molecule is Cc1cc(C(=O)Cn2cnc(-c3ccc([N+](=O)[O-])cc3)n2)c(C)n1-c1ccccc1. The van der Waals surface area contributed by atoms with Crippen molar-refractivity contribution < 1.29 is 9.72 Å². The molecule has 0 amide bonds. The zero-order valence-corrected chi connectivity index (χ0v) is 16.5. The molecule has 0 spiro atoms. The van der Waals surface area contributed by atoms with Crippen molar-refractivity contribution >= 4 is 11.5 Å². The molecule has 0 aliphatic heterocycles. The normalized spacial score (nSPS) is 10.9. The third kappa shape index (κ3) is 3.62. The fourth-order valence-corrected chi connectivity index (χ4v) is 3.49. The molecular formula is C22H19N5O3. The number of hydrogen-bond donors (Lipinski definition) is 0. The first-order valence-electron chi connectivity index (χ1n) is 9.36. The number of Topliss-reactive ketones (excluding diaryl/α,β-unsaturated/α-hetero) is 1. The van der Waals surface area contributed by atoms with Crippen LogP contribution in [0.15, 0.2) is 67.0 Å². The number of ketones is 1. The molecule has 4 rings (SSSR count). The number of nitro groups is 1. The molecule has 0 N–H and O–H groups in total. The van der Waals surface area contributed by atoms with Gasteiger partial charge in [-0.2, -0.15) is 5.10 Å². The van der Waals surface area contributed by atoms with Gasteiger partial charge in [0.2, 0.25) is 0 Å². The first kappa shape index (κ1) is 19.3. The summed E-state index contributed by atoms with van der Waals surface area (Å²) in [5.74, 6) is 0.345. The minimum atomic E-state index is -0.458. The van der Waals surface area contributed by atoms with Crippen molar-refractivity contribution in [3.63, 3.8) is 0 Å². The number of carbonyl (C=O) groups is 1. The van der Waals surface area contributed by atoms with Gasteiger partial charge in [-0.15, -0.1) is 0 Å². The molecule has 0 fully saturated rings. The Kier molecular flexibility index (Phi) is 4.97. The van der Waals surface area contributed by atoms with Gasteiger partial charge in [0.25, 0.3) is 5.69 Å². The third-order valence-corrected chi connectivity index (χ3v) is 4.92. The van der Waals surface area contributed by atoms with Crippen LogP contribution in [0.5, 0.6) is 0 Å². The van der Waals surface area contributed by atoms with Crippen LogP contribution in [-0.2, 0) is 6.54 Å². The Hall–Kier alpha value is -4.07. The van der Waals surface area contributed by atoms with Crippen LogP contribution in [0.3, 0.4) is 0 Å². The summed E-state index contributed by atoms with van der Waals surface area (Å²) < 4.78 is 3.53. The van der Waals surface area contributed by atoms with E-state index in [4.69, 9.17) is 0 Å². The highest BCUT2D eigenvalue weighted by Crippen LogP contribution is 2.22. The lowest BCUT2D eigenvalue weighted by Gasteiger charge is -2.09. The van der Waals surface area contributed by atoms with E-state index in [9.17, 15) is 14.9 Å². The summed E-state index contributed by atoms with van der Waals surface area (Å²) >= 11 is 0. The quantitative estimate of drug-likeness (QED) is 0.275. The third-order valence-electron chi connectivity index (χ3n) is 4.92. The summed E-state index contributed by atoms with van der Waals surface area (Å²) in [7, 11) is 0. The Bertz CT molecular complexity index is 1220. The van der Waals surface area contributed by atoms with Crippen LogP contribution in [0.25, 0.3) is 17.1 Å². The highest BCUT2D eigenvalue weighted by atomic mass is 16.6. The van der Waals surface area contributed by atoms with Gasteiger partial charge < -0.3 is 4.57 Å². The molecule has 0 aliphatic rings. The summed E-state index contributed by atoms with van der Waals surface area (Å²) in [6, 6.07) is 17.8. The molecule has 0 saturated heterocycles. The van der Waals surface area contributed by atoms with Crippen molar-refractivity contribution in [1.29, 1.82) is 0 Å². The van der Waals surface area contributed by atoms with E-state index in [0.717, 1.165) is 17.1 Å². The number of para-hydroxylation sites is 1. The molecule has 2 heterocycles. The Labute approximate surface area is 172 Å². The van der Waals surface area contributed by atoms with Crippen molar-refractivity contribution in [3.8, 4) is 17.1 Å². The topological polar surface area (TPSA) is 95.8 Å². The first-order chi connectivity index (χ1) is 14.4. The van der Waals surface area contributed by atoms with Crippen LogP contribution in [0.4, 0.5) is 5.69 Å². The van der Waals surface area contributed by atoms with Gasteiger partial charge in [0.05, 0.1) is 4.92 Å². The van der Waals surface area contributed by atoms with Crippen LogP contribution < -0.4 is 0 Å². The molecule has 4 aromatic rings. The molecule has 2 aromatic heterocycles. The van der Waals surface area contributed by atoms with E-state index in [2.05, 4.69) is 14.6 Å². The molecule has 0 bridgehead atoms. The Balaban J connectivity index is 1.55. The number of non-ortho nitro benzene ring substituents is 1. The molecule has 8 nitrogen and oxygen atoms in total. The summed E-state index contributed by atoms with van der Waals surface area (Å²) in [4.78, 5) is 27.5. The van der Waals surface area contributed by atoms with Gasteiger partial charge in [-0.25, -0.2) is 9.67 Å². The van der Waals surface area contributed by atoms with Crippen LogP contribution in [0, 0.1) is 24.0 Å². The largest absolute Gasteiger partial charge is 0.318 e. The van der Waals surface area contributed by atoms with Crippen molar-refractivity contribution in [1.82, 2.24) is 19.3 Å². The molecule has 2 aromatic carbocycles. The lowest BCUT2D eigenvalue weighted by molar-refractivity contribution is -0.384. The average Bonchev–Trinajstić information content (AvgIpc) is 3.32. The Morgan fingerprint density at radius 1 is 1.07 bits per heavy atom. The maximum atomic E-state index is 12.9. The number of aryl methyl sites for hydroxylation is 1. The van der Waals surface area contributed by atoms with E-state index < -0.39 is 4.92 Å². The summed E-state index contributed by atoms with van der Waals surface area (Å²) in [5.41, 5.74) is 4.15. The van der Waals surface area contributed by atoms with Gasteiger partial charge in [-0.05, 0) is 44.2 Å². The summed E-state index contributed by atoms with van der Waals surface area (Å²) in [6.45, 7) is 3.95. The van der Waals surface area contributed by atoms with E-state index in [1.54, 1.807) is 12.1 Å². The minimum Gasteiger partial charge on any atom is -0.318 e. The van der Waals surface area contributed by atoms with Gasteiger partial charge in [0, 0.05) is 40.3 Å². The number of carbonyl (C=O) groups excluding carboxylic acids is 1. The maximum Gasteiger partial charge on any atom is 0.269 e. The molecule has 0 atom stereocenters. The summed E-state index contributed by atoms with van der Waals surface area (Å²) in [5, 5.41) is 15.1. The molecule has 0 unspecified atom stereocenters. The molecule has 150 valence electrons. The number of nitrogens with zero attached hydrogens (tertiary/aromatic N) is 5. The lowest BCUT2D eigenvalue weighted by atomic mass is 10.1. The second kappa shape index (κ2) is 7.75. The van der Waals surface area contributed by atoms with Gasteiger partial charge in [-0.1, -0.05) is 18.2 Å². The lowest BCUT2D eigenvalue weighted by Crippen LogP contribution is -2.12. The maximum absolute atomic E-state index is 12.9. The predicted octanol–water partition coefficient (Wildman–Crippen LogP) is 4.14. The van der Waals surface area contributed by atoms with Gasteiger partial charge in [0.1, 0.15) is 12.9 Å². The average molecular weight is 401 g/mol. The van der Waals surface area contributed by atoms with Crippen molar-refractivity contribution in [2.24, 2.45) is 0 Å². The van der Waals surface area contributed by atoms with Crippen LogP contribution in [-0.4, -0.2) is 30.0 Å². The fourth-order valence-electron chi connectivity index (χ4n) is 3.49. The molecule has 8 heteroatoms. The van der Waals surface area contributed by atoms with E-state index in [-0.39, 0.29) is 18.0 Å². The second-order valence-corrected chi connectivity index (χ2v) is 6.95. The minimum absolute atomic E-state index is 0.00198. The van der Waals surface area contributed by atoms with Gasteiger partial charge in [-0.3, -0.25) is 14.9 Å². The number of aromatic nitrogens is 4. The Morgan fingerprint density at radius 3 is 2.43 bits per heavy atom. The summed E-state index contributed by atoms with van der Waals surface area (Å²) in [6.07, 6.45) is 1.49. The zero-order chi connectivity index (χ0) is 21.3. The zero-order valence-electron chi connectivity index (χ0n) is 16.5. The number of benzene rings is 2. The predicted molar refractivity (Wildman–Crippen MR) is 112 cm³/mol. The van der Waals surface area contributed by atoms with E-state index in [0.29, 0.717) is 17.0 Å². The van der Waals surface area contributed by atoms with Gasteiger partial charge in [0.15, 0.2) is 11.6 Å². The van der Waals surface area contributed by atoms with Crippen molar-refractivity contribution in [3.05, 3.63) is 94.1 Å². The molecule has 0 aliphatic carbocycles. The fraction of sp³-hybridized carbons (Fsp3) is 0.136. The molecule has 30 heavy (non-hydrogen) atoms. The standard InChI is InChI=1S/C22H19N5O3/c1-15-12-20(16(2)26(15)18-6-4-3-5-7-18)21(28)13-25-14-23-22(24-25)17-8-10-19(11-9-17)27(29)30/h3-12,14H,13H2,1-2H3. The number of rotatable bonds is 6. The van der Waals surface area contributed by atoms with Gasteiger partial charge >= 0.3 is 0 Å². The monoisotopic (exact) mass is 401 g/mol. The van der Waals surface area contributed by atoms with E-state index >= 15 is 0 Å². The van der Waals surface area contributed by atoms with E-state index in [1.807, 2.05) is 50.2 Å². The highest BCUT2D eigenvalue weighted by Gasteiger charge is 2.18. The Morgan fingerprint density at radius 2 is 1.77 bits per heavy atom. The van der Waals surface area contributed by atoms with Crippen LogP contribution in [0.1, 0.15) is 21.7 Å². The van der Waals surface area contributed by atoms with Crippen molar-refractivity contribution in [2.45, 2.75) is 20.4 Å². The van der Waals surface area contributed by atoms with Crippen LogP contribution >= 0.6 is 0 Å². The second-order valence-electron chi connectivity index (χ2n) is 6.95. The van der Waals surface area contributed by atoms with E-state index in [1.165, 1.54) is 23.1 Å².